The highest BCUT2D eigenvalue weighted by molar-refractivity contribution is 6.10. The van der Waals surface area contributed by atoms with E-state index in [1.807, 2.05) is 24.3 Å². The van der Waals surface area contributed by atoms with Gasteiger partial charge in [0, 0.05) is 16.7 Å². The summed E-state index contributed by atoms with van der Waals surface area (Å²) in [5.41, 5.74) is 1.23. The maximum absolute atomic E-state index is 12.6. The Morgan fingerprint density at radius 1 is 1.00 bits per heavy atom. The molecule has 128 valence electrons. The van der Waals surface area contributed by atoms with Gasteiger partial charge in [-0.2, -0.15) is 0 Å². The summed E-state index contributed by atoms with van der Waals surface area (Å²) in [6.07, 6.45) is -0.518. The summed E-state index contributed by atoms with van der Waals surface area (Å²) in [4.78, 5) is 24.2. The molecule has 0 aliphatic heterocycles. The number of nitrogens with one attached hydrogen (secondary N) is 1. The third-order valence-electron chi connectivity index (χ3n) is 3.15. The van der Waals surface area contributed by atoms with Crippen molar-refractivity contribution in [3.05, 3.63) is 71.3 Å². The van der Waals surface area contributed by atoms with Crippen LogP contribution in [0.3, 0.4) is 0 Å². The lowest BCUT2D eigenvalue weighted by Crippen LogP contribution is -2.32. The fraction of sp³-hybridized carbons (Fsp3) is 0.238. The third kappa shape index (κ3) is 5.82. The van der Waals surface area contributed by atoms with Crippen molar-refractivity contribution in [1.82, 2.24) is 5.32 Å². The van der Waals surface area contributed by atoms with E-state index in [4.69, 9.17) is 4.74 Å². The fourth-order valence-electron chi connectivity index (χ4n) is 2.11. The summed E-state index contributed by atoms with van der Waals surface area (Å²) < 4.78 is 5.14. The molecular formula is C21H21NO3. The Balaban J connectivity index is 2.07. The van der Waals surface area contributed by atoms with Crippen LogP contribution in [0.25, 0.3) is 0 Å². The molecule has 0 bridgehead atoms. The average Bonchev–Trinajstić information content (AvgIpc) is 2.58. The lowest BCUT2D eigenvalue weighted by Gasteiger charge is -2.19. The number of carbonyl (C=O) groups is 2. The van der Waals surface area contributed by atoms with E-state index < -0.39 is 11.7 Å². The van der Waals surface area contributed by atoms with E-state index in [0.717, 1.165) is 0 Å². The van der Waals surface area contributed by atoms with Gasteiger partial charge >= 0.3 is 6.09 Å². The molecule has 0 radical (unpaired) electrons. The van der Waals surface area contributed by atoms with Crippen LogP contribution in [-0.2, 0) is 4.74 Å². The summed E-state index contributed by atoms with van der Waals surface area (Å²) in [6, 6.07) is 16.2. The van der Waals surface area contributed by atoms with Crippen LogP contribution in [0.1, 0.15) is 42.3 Å². The maximum atomic E-state index is 12.6. The van der Waals surface area contributed by atoms with E-state index in [1.54, 1.807) is 51.1 Å². The highest BCUT2D eigenvalue weighted by atomic mass is 16.6. The van der Waals surface area contributed by atoms with Gasteiger partial charge in [0.05, 0.1) is 6.54 Å². The van der Waals surface area contributed by atoms with E-state index >= 15 is 0 Å². The Bertz CT molecular complexity index is 808. The summed E-state index contributed by atoms with van der Waals surface area (Å²) in [5.74, 6) is 5.71. The molecule has 0 heterocycles. The zero-order chi connectivity index (χ0) is 18.3. The summed E-state index contributed by atoms with van der Waals surface area (Å²) >= 11 is 0. The van der Waals surface area contributed by atoms with Crippen molar-refractivity contribution in [1.29, 1.82) is 0 Å². The zero-order valence-electron chi connectivity index (χ0n) is 14.6. The highest BCUT2D eigenvalue weighted by Gasteiger charge is 2.15. The summed E-state index contributed by atoms with van der Waals surface area (Å²) in [5, 5.41) is 2.57. The topological polar surface area (TPSA) is 55.4 Å². The van der Waals surface area contributed by atoms with Crippen molar-refractivity contribution < 1.29 is 14.3 Å². The number of alkyl carbamates (subject to hydrolysis) is 1. The van der Waals surface area contributed by atoms with Crippen LogP contribution < -0.4 is 5.32 Å². The number of ketones is 1. The third-order valence-corrected chi connectivity index (χ3v) is 3.15. The molecule has 0 fully saturated rings. The molecule has 0 saturated carbocycles. The van der Waals surface area contributed by atoms with Gasteiger partial charge in [-0.15, -0.1) is 0 Å². The van der Waals surface area contributed by atoms with Crippen LogP contribution in [0, 0.1) is 11.8 Å². The first kappa shape index (κ1) is 18.3. The second kappa shape index (κ2) is 8.16. The molecule has 2 rings (SSSR count). The second-order valence-electron chi connectivity index (χ2n) is 6.40. The van der Waals surface area contributed by atoms with Crippen molar-refractivity contribution >= 4 is 11.9 Å². The lowest BCUT2D eigenvalue weighted by atomic mass is 9.99. The first-order chi connectivity index (χ1) is 11.9. The molecule has 4 nitrogen and oxygen atoms in total. The van der Waals surface area contributed by atoms with Gasteiger partial charge in [-0.05, 0) is 32.9 Å². The number of hydrogen-bond donors (Lipinski definition) is 1. The lowest BCUT2D eigenvalue weighted by molar-refractivity contribution is 0.0535. The maximum Gasteiger partial charge on any atom is 0.408 e. The smallest absolute Gasteiger partial charge is 0.408 e. The number of hydrogen-bond acceptors (Lipinski definition) is 3. The number of benzene rings is 2. The SMILES string of the molecule is CC(C)(C)OC(=O)NCC#Cc1ccccc1C(=O)c1ccccc1. The average molecular weight is 335 g/mol. The van der Waals surface area contributed by atoms with Gasteiger partial charge in [0.15, 0.2) is 5.78 Å². The second-order valence-corrected chi connectivity index (χ2v) is 6.40. The minimum Gasteiger partial charge on any atom is -0.444 e. The van der Waals surface area contributed by atoms with Gasteiger partial charge in [0.25, 0.3) is 0 Å². The number of rotatable bonds is 3. The molecule has 0 saturated heterocycles. The van der Waals surface area contributed by atoms with Gasteiger partial charge in [0.2, 0.25) is 0 Å². The molecule has 0 atom stereocenters. The zero-order valence-corrected chi connectivity index (χ0v) is 14.6. The Kier molecular flexibility index (Phi) is 5.97. The Morgan fingerprint density at radius 3 is 2.32 bits per heavy atom. The van der Waals surface area contributed by atoms with E-state index in [0.29, 0.717) is 16.7 Å². The van der Waals surface area contributed by atoms with Crippen molar-refractivity contribution in [3.63, 3.8) is 0 Å². The van der Waals surface area contributed by atoms with Gasteiger partial charge < -0.3 is 10.1 Å². The minimum atomic E-state index is -0.549. The standard InChI is InChI=1S/C21H21NO3/c1-21(2,3)25-20(24)22-15-9-13-16-10-7-8-14-18(16)19(23)17-11-5-4-6-12-17/h4-8,10-12,14H,15H2,1-3H3,(H,22,24). The molecule has 2 aromatic carbocycles. The van der Waals surface area contributed by atoms with Gasteiger partial charge in [0.1, 0.15) is 5.60 Å². The van der Waals surface area contributed by atoms with E-state index in [9.17, 15) is 9.59 Å². The van der Waals surface area contributed by atoms with Crippen molar-refractivity contribution in [2.24, 2.45) is 0 Å². The minimum absolute atomic E-state index is 0.0781. The molecule has 0 spiro atoms. The monoisotopic (exact) mass is 335 g/mol. The largest absolute Gasteiger partial charge is 0.444 e. The predicted molar refractivity (Wildman–Crippen MR) is 97.4 cm³/mol. The van der Waals surface area contributed by atoms with Crippen LogP contribution in [0.5, 0.6) is 0 Å². The van der Waals surface area contributed by atoms with Crippen LogP contribution in [0.4, 0.5) is 4.79 Å². The molecule has 25 heavy (non-hydrogen) atoms. The molecule has 0 aliphatic rings. The van der Waals surface area contributed by atoms with E-state index in [1.165, 1.54) is 0 Å². The van der Waals surface area contributed by atoms with Gasteiger partial charge in [-0.25, -0.2) is 4.79 Å². The van der Waals surface area contributed by atoms with Crippen LogP contribution in [0.2, 0.25) is 0 Å². The predicted octanol–water partition coefficient (Wildman–Crippen LogP) is 3.79. The molecule has 4 heteroatoms. The number of carbonyl (C=O) groups excluding carboxylic acids is 2. The van der Waals surface area contributed by atoms with E-state index in [2.05, 4.69) is 17.2 Å². The van der Waals surface area contributed by atoms with E-state index in [-0.39, 0.29) is 12.3 Å². The van der Waals surface area contributed by atoms with Crippen molar-refractivity contribution in [3.8, 4) is 11.8 Å². The van der Waals surface area contributed by atoms with Crippen LogP contribution in [-0.4, -0.2) is 24.0 Å². The first-order valence-corrected chi connectivity index (χ1v) is 8.01. The highest BCUT2D eigenvalue weighted by Crippen LogP contribution is 2.13. The molecule has 1 amide bonds. The van der Waals surface area contributed by atoms with Crippen molar-refractivity contribution in [2.75, 3.05) is 6.54 Å². The first-order valence-electron chi connectivity index (χ1n) is 8.01. The molecule has 0 unspecified atom stereocenters. The van der Waals surface area contributed by atoms with Gasteiger partial charge in [-0.1, -0.05) is 54.3 Å². The molecule has 1 N–H and O–H groups in total. The molecular weight excluding hydrogens is 314 g/mol. The van der Waals surface area contributed by atoms with Crippen LogP contribution >= 0.6 is 0 Å². The fourth-order valence-corrected chi connectivity index (χ4v) is 2.11. The quantitative estimate of drug-likeness (QED) is 0.686. The Labute approximate surface area is 148 Å². The molecule has 2 aromatic rings. The number of amides is 1. The molecule has 0 aromatic heterocycles. The summed E-state index contributed by atoms with van der Waals surface area (Å²) in [6.45, 7) is 5.53. The Morgan fingerprint density at radius 2 is 1.64 bits per heavy atom. The van der Waals surface area contributed by atoms with Crippen molar-refractivity contribution in [2.45, 2.75) is 26.4 Å². The van der Waals surface area contributed by atoms with Gasteiger partial charge in [-0.3, -0.25) is 4.79 Å². The Hall–Kier alpha value is -3.06. The number of ether oxygens (including phenoxy) is 1. The normalized spacial score (nSPS) is 10.4. The summed E-state index contributed by atoms with van der Waals surface area (Å²) in [7, 11) is 0. The van der Waals surface area contributed by atoms with Crippen LogP contribution in [0.15, 0.2) is 54.6 Å². The molecule has 0 aliphatic carbocycles.